The number of benzene rings is 1. The number of amides is 5. The minimum absolute atomic E-state index is 0.103. The highest BCUT2D eigenvalue weighted by Gasteiger charge is 2.39. The Labute approximate surface area is 186 Å². The first-order valence-corrected chi connectivity index (χ1v) is 10.9. The average molecular weight is 444 g/mol. The molecule has 10 nitrogen and oxygen atoms in total. The lowest BCUT2D eigenvalue weighted by Gasteiger charge is -2.46. The first kappa shape index (κ1) is 21.9. The maximum Gasteiger partial charge on any atom is 0.407 e. The van der Waals surface area contributed by atoms with Crippen molar-refractivity contribution in [3.63, 3.8) is 0 Å². The number of hydrogen-bond acceptors (Lipinski definition) is 5. The predicted molar refractivity (Wildman–Crippen MR) is 115 cm³/mol. The molecular weight excluding hydrogens is 416 g/mol. The molecule has 5 amide bonds. The molecule has 0 bridgehead atoms. The molecule has 0 atom stereocenters. The van der Waals surface area contributed by atoms with Gasteiger partial charge in [-0.3, -0.25) is 19.8 Å². The maximum atomic E-state index is 13.2. The van der Waals surface area contributed by atoms with Crippen LogP contribution < -0.4 is 15.0 Å². The van der Waals surface area contributed by atoms with E-state index in [0.717, 1.165) is 25.7 Å². The second kappa shape index (κ2) is 8.68. The van der Waals surface area contributed by atoms with E-state index in [1.807, 2.05) is 4.90 Å². The first-order valence-electron chi connectivity index (χ1n) is 10.9. The van der Waals surface area contributed by atoms with Crippen LogP contribution >= 0.6 is 0 Å². The molecule has 1 aromatic rings. The minimum atomic E-state index is -0.866. The molecule has 3 heterocycles. The molecule has 3 aliphatic heterocycles. The molecule has 32 heavy (non-hydrogen) atoms. The largest absolute Gasteiger partial charge is 0.495 e. The molecule has 0 aliphatic carbocycles. The SMILES string of the molecule is COc1ccc(C(=O)N2CCC3(CCN(C(=O)O)CC3)CC2)cc1N1CCC(=O)NC1=O. The van der Waals surface area contributed by atoms with E-state index in [1.54, 1.807) is 18.2 Å². The third kappa shape index (κ3) is 4.21. The van der Waals surface area contributed by atoms with E-state index >= 15 is 0 Å². The zero-order valence-corrected chi connectivity index (χ0v) is 18.1. The topological polar surface area (TPSA) is 119 Å². The summed E-state index contributed by atoms with van der Waals surface area (Å²) in [7, 11) is 1.49. The third-order valence-corrected chi connectivity index (χ3v) is 6.98. The molecular formula is C22H28N4O6. The third-order valence-electron chi connectivity index (χ3n) is 6.98. The van der Waals surface area contributed by atoms with Gasteiger partial charge in [0.1, 0.15) is 5.75 Å². The van der Waals surface area contributed by atoms with Crippen LogP contribution in [0.25, 0.3) is 0 Å². The number of carbonyl (C=O) groups is 4. The van der Waals surface area contributed by atoms with Crippen LogP contribution in [-0.2, 0) is 4.79 Å². The molecule has 0 saturated carbocycles. The van der Waals surface area contributed by atoms with E-state index in [0.29, 0.717) is 43.2 Å². The van der Waals surface area contributed by atoms with Crippen LogP contribution in [0.5, 0.6) is 5.75 Å². The molecule has 0 unspecified atom stereocenters. The second-order valence-electron chi connectivity index (χ2n) is 8.70. The molecule has 2 N–H and O–H groups in total. The number of urea groups is 1. The van der Waals surface area contributed by atoms with Crippen LogP contribution in [0.2, 0.25) is 0 Å². The molecule has 0 radical (unpaired) electrons. The average Bonchev–Trinajstić information content (AvgIpc) is 2.79. The number of rotatable bonds is 3. The number of hydrogen-bond donors (Lipinski definition) is 2. The lowest BCUT2D eigenvalue weighted by Crippen LogP contribution is -2.50. The number of nitrogens with zero attached hydrogens (tertiary/aromatic N) is 3. The summed E-state index contributed by atoms with van der Waals surface area (Å²) >= 11 is 0. The van der Waals surface area contributed by atoms with Gasteiger partial charge in [-0.05, 0) is 49.3 Å². The zero-order valence-electron chi connectivity index (χ0n) is 18.1. The van der Waals surface area contributed by atoms with Gasteiger partial charge in [0.05, 0.1) is 12.8 Å². The van der Waals surface area contributed by atoms with Gasteiger partial charge in [0.2, 0.25) is 5.91 Å². The van der Waals surface area contributed by atoms with Crippen LogP contribution in [0.1, 0.15) is 42.5 Å². The van der Waals surface area contributed by atoms with Crippen molar-refractivity contribution in [3.8, 4) is 5.75 Å². The number of carbonyl (C=O) groups excluding carboxylic acids is 3. The molecule has 4 rings (SSSR count). The van der Waals surface area contributed by atoms with Gasteiger partial charge in [-0.1, -0.05) is 0 Å². The smallest absolute Gasteiger partial charge is 0.407 e. The van der Waals surface area contributed by atoms with E-state index in [-0.39, 0.29) is 30.2 Å². The summed E-state index contributed by atoms with van der Waals surface area (Å²) in [5.41, 5.74) is 1.02. The van der Waals surface area contributed by atoms with Gasteiger partial charge in [-0.2, -0.15) is 0 Å². The van der Waals surface area contributed by atoms with Crippen LogP contribution in [0, 0.1) is 5.41 Å². The summed E-state index contributed by atoms with van der Waals surface area (Å²) in [5.74, 6) is 0.0166. The Bertz CT molecular complexity index is 930. The van der Waals surface area contributed by atoms with Crippen molar-refractivity contribution in [2.24, 2.45) is 5.41 Å². The Morgan fingerprint density at radius 3 is 2.19 bits per heavy atom. The summed E-state index contributed by atoms with van der Waals surface area (Å²) in [4.78, 5) is 52.9. The lowest BCUT2D eigenvalue weighted by atomic mass is 9.71. The van der Waals surface area contributed by atoms with E-state index in [1.165, 1.54) is 16.9 Å². The molecule has 1 aromatic carbocycles. The van der Waals surface area contributed by atoms with Crippen molar-refractivity contribution >= 4 is 29.6 Å². The first-order chi connectivity index (χ1) is 15.3. The predicted octanol–water partition coefficient (Wildman–Crippen LogP) is 2.14. The van der Waals surface area contributed by atoms with Gasteiger partial charge in [-0.25, -0.2) is 9.59 Å². The monoisotopic (exact) mass is 444 g/mol. The molecule has 172 valence electrons. The Balaban J connectivity index is 1.44. The fourth-order valence-electron chi connectivity index (χ4n) is 4.87. The fourth-order valence-corrected chi connectivity index (χ4v) is 4.87. The van der Waals surface area contributed by atoms with Gasteiger partial charge in [0, 0.05) is 44.7 Å². The summed E-state index contributed by atoms with van der Waals surface area (Å²) in [6.07, 6.45) is 2.68. The van der Waals surface area contributed by atoms with E-state index in [9.17, 15) is 19.2 Å². The normalized spacial score (nSPS) is 20.8. The number of imide groups is 1. The van der Waals surface area contributed by atoms with Crippen molar-refractivity contribution in [1.29, 1.82) is 0 Å². The molecule has 10 heteroatoms. The quantitative estimate of drug-likeness (QED) is 0.737. The van der Waals surface area contributed by atoms with E-state index in [2.05, 4.69) is 5.32 Å². The summed E-state index contributed by atoms with van der Waals surface area (Å²) in [5, 5.41) is 11.5. The van der Waals surface area contributed by atoms with Gasteiger partial charge in [0.15, 0.2) is 0 Å². The fraction of sp³-hybridized carbons (Fsp3) is 0.545. The second-order valence-corrected chi connectivity index (χ2v) is 8.70. The van der Waals surface area contributed by atoms with Crippen LogP contribution in [0.3, 0.4) is 0 Å². The van der Waals surface area contributed by atoms with E-state index in [4.69, 9.17) is 9.84 Å². The Kier molecular flexibility index (Phi) is 5.94. The van der Waals surface area contributed by atoms with Gasteiger partial charge < -0.3 is 19.6 Å². The van der Waals surface area contributed by atoms with Crippen molar-refractivity contribution < 1.29 is 29.0 Å². The van der Waals surface area contributed by atoms with Gasteiger partial charge >= 0.3 is 12.1 Å². The standard InChI is InChI=1S/C22H28N4O6/c1-32-17-3-2-15(14-16(17)26-9-4-18(27)23-20(26)29)19(28)24-10-5-22(6-11-24)7-12-25(13-8-22)21(30)31/h2-3,14H,4-13H2,1H3,(H,30,31)(H,23,27,29). The Morgan fingerprint density at radius 1 is 1.00 bits per heavy atom. The highest BCUT2D eigenvalue weighted by molar-refractivity contribution is 6.07. The van der Waals surface area contributed by atoms with Crippen LogP contribution in [0.15, 0.2) is 18.2 Å². The molecule has 3 fully saturated rings. The number of nitrogens with one attached hydrogen (secondary N) is 1. The molecule has 3 saturated heterocycles. The van der Waals surface area contributed by atoms with Crippen molar-refractivity contribution in [2.75, 3.05) is 44.7 Å². The summed E-state index contributed by atoms with van der Waals surface area (Å²) in [6, 6.07) is 4.47. The van der Waals surface area contributed by atoms with Crippen molar-refractivity contribution in [1.82, 2.24) is 15.1 Å². The van der Waals surface area contributed by atoms with Crippen molar-refractivity contribution in [2.45, 2.75) is 32.1 Å². The minimum Gasteiger partial charge on any atom is -0.495 e. The zero-order chi connectivity index (χ0) is 22.9. The maximum absolute atomic E-state index is 13.2. The molecule has 1 spiro atoms. The molecule has 3 aliphatic rings. The highest BCUT2D eigenvalue weighted by Crippen LogP contribution is 2.41. The highest BCUT2D eigenvalue weighted by atomic mass is 16.5. The van der Waals surface area contributed by atoms with Crippen LogP contribution in [0.4, 0.5) is 15.3 Å². The number of methoxy groups -OCH3 is 1. The number of piperidine rings is 2. The number of ether oxygens (including phenoxy) is 1. The summed E-state index contributed by atoms with van der Waals surface area (Å²) in [6.45, 7) is 2.55. The van der Waals surface area contributed by atoms with E-state index < -0.39 is 12.1 Å². The number of likely N-dealkylation sites (tertiary alicyclic amines) is 2. The Morgan fingerprint density at radius 2 is 1.62 bits per heavy atom. The van der Waals surface area contributed by atoms with Crippen molar-refractivity contribution in [3.05, 3.63) is 23.8 Å². The Hall–Kier alpha value is -3.30. The van der Waals surface area contributed by atoms with Crippen LogP contribution in [-0.4, -0.2) is 78.7 Å². The molecule has 0 aromatic heterocycles. The number of carboxylic acid groups (broad SMARTS) is 1. The lowest BCUT2D eigenvalue weighted by molar-refractivity contribution is -0.120. The van der Waals surface area contributed by atoms with Gasteiger partial charge in [0.25, 0.3) is 5.91 Å². The number of anilines is 1. The summed E-state index contributed by atoms with van der Waals surface area (Å²) < 4.78 is 5.38. The van der Waals surface area contributed by atoms with Gasteiger partial charge in [-0.15, -0.1) is 0 Å².